The molecule has 0 saturated carbocycles. The molecule has 0 saturated heterocycles. The van der Waals surface area contributed by atoms with E-state index in [1.807, 2.05) is 0 Å². The van der Waals surface area contributed by atoms with Gasteiger partial charge in [0.15, 0.2) is 0 Å². The maximum absolute atomic E-state index is 12.9. The molecular formula is C15H15BrFN. The molecule has 94 valence electrons. The first-order chi connectivity index (χ1) is 8.65. The lowest BCUT2D eigenvalue weighted by molar-refractivity contribution is 0.623. The molecule has 18 heavy (non-hydrogen) atoms. The van der Waals surface area contributed by atoms with E-state index in [9.17, 15) is 4.39 Å². The number of rotatable bonds is 4. The van der Waals surface area contributed by atoms with Gasteiger partial charge in [-0.1, -0.05) is 51.8 Å². The summed E-state index contributed by atoms with van der Waals surface area (Å²) in [5.41, 5.74) is 3.58. The van der Waals surface area contributed by atoms with Crippen LogP contribution in [0.15, 0.2) is 46.9 Å². The summed E-state index contributed by atoms with van der Waals surface area (Å²) in [4.78, 5) is 0. The third-order valence-corrected chi connectivity index (χ3v) is 3.48. The standard InChI is InChI=1S/C15H15BrFN/c1-11-3-2-4-12(7-11)9-18-10-13-5-6-14(17)8-15(13)16/h2-8,18H,9-10H2,1H3. The number of benzene rings is 2. The average molecular weight is 308 g/mol. The van der Waals surface area contributed by atoms with Crippen molar-refractivity contribution in [2.24, 2.45) is 0 Å². The van der Waals surface area contributed by atoms with Gasteiger partial charge < -0.3 is 5.32 Å². The molecule has 0 aliphatic heterocycles. The highest BCUT2D eigenvalue weighted by Crippen LogP contribution is 2.17. The summed E-state index contributed by atoms with van der Waals surface area (Å²) in [5, 5.41) is 3.35. The van der Waals surface area contributed by atoms with Gasteiger partial charge in [0.05, 0.1) is 0 Å². The van der Waals surface area contributed by atoms with Crippen molar-refractivity contribution in [3.63, 3.8) is 0 Å². The number of hydrogen-bond donors (Lipinski definition) is 1. The van der Waals surface area contributed by atoms with E-state index in [4.69, 9.17) is 0 Å². The zero-order chi connectivity index (χ0) is 13.0. The Bertz CT molecular complexity index is 540. The summed E-state index contributed by atoms with van der Waals surface area (Å²) in [7, 11) is 0. The molecule has 0 aromatic heterocycles. The minimum absolute atomic E-state index is 0.218. The van der Waals surface area contributed by atoms with Crippen molar-refractivity contribution >= 4 is 15.9 Å². The number of aryl methyl sites for hydroxylation is 1. The van der Waals surface area contributed by atoms with E-state index in [2.05, 4.69) is 52.4 Å². The molecule has 0 atom stereocenters. The Balaban J connectivity index is 1.92. The summed E-state index contributed by atoms with van der Waals surface area (Å²) < 4.78 is 13.7. The van der Waals surface area contributed by atoms with E-state index in [1.54, 1.807) is 6.07 Å². The van der Waals surface area contributed by atoms with E-state index < -0.39 is 0 Å². The highest BCUT2D eigenvalue weighted by atomic mass is 79.9. The van der Waals surface area contributed by atoms with Crippen molar-refractivity contribution < 1.29 is 4.39 Å². The Morgan fingerprint density at radius 1 is 1.11 bits per heavy atom. The minimum Gasteiger partial charge on any atom is -0.309 e. The zero-order valence-corrected chi connectivity index (χ0v) is 11.8. The molecule has 0 fully saturated rings. The van der Waals surface area contributed by atoms with Crippen LogP contribution in [-0.2, 0) is 13.1 Å². The van der Waals surface area contributed by atoms with Crippen LogP contribution in [0, 0.1) is 12.7 Å². The second kappa shape index (κ2) is 6.12. The second-order valence-corrected chi connectivity index (χ2v) is 5.18. The van der Waals surface area contributed by atoms with Crippen LogP contribution in [0.1, 0.15) is 16.7 Å². The van der Waals surface area contributed by atoms with Gasteiger partial charge in [-0.05, 0) is 30.2 Å². The first-order valence-electron chi connectivity index (χ1n) is 5.85. The van der Waals surface area contributed by atoms with Gasteiger partial charge in [0, 0.05) is 17.6 Å². The summed E-state index contributed by atoms with van der Waals surface area (Å²) in [6.07, 6.45) is 0. The summed E-state index contributed by atoms with van der Waals surface area (Å²) >= 11 is 3.37. The third kappa shape index (κ3) is 3.65. The van der Waals surface area contributed by atoms with Gasteiger partial charge in [-0.3, -0.25) is 0 Å². The molecule has 3 heteroatoms. The molecule has 2 aromatic rings. The van der Waals surface area contributed by atoms with Gasteiger partial charge in [0.2, 0.25) is 0 Å². The van der Waals surface area contributed by atoms with E-state index in [-0.39, 0.29) is 5.82 Å². The van der Waals surface area contributed by atoms with Crippen LogP contribution in [-0.4, -0.2) is 0 Å². The SMILES string of the molecule is Cc1cccc(CNCc2ccc(F)cc2Br)c1. The summed E-state index contributed by atoms with van der Waals surface area (Å²) in [6, 6.07) is 13.2. The Kier molecular flexibility index (Phi) is 4.50. The second-order valence-electron chi connectivity index (χ2n) is 4.33. The first-order valence-corrected chi connectivity index (χ1v) is 6.64. The molecule has 0 aliphatic carbocycles. The van der Waals surface area contributed by atoms with E-state index in [0.717, 1.165) is 23.1 Å². The van der Waals surface area contributed by atoms with Crippen LogP contribution in [0.5, 0.6) is 0 Å². The maximum Gasteiger partial charge on any atom is 0.124 e. The third-order valence-electron chi connectivity index (χ3n) is 2.74. The van der Waals surface area contributed by atoms with Crippen molar-refractivity contribution in [2.45, 2.75) is 20.0 Å². The van der Waals surface area contributed by atoms with Crippen LogP contribution in [0.25, 0.3) is 0 Å². The first kappa shape index (κ1) is 13.2. The van der Waals surface area contributed by atoms with Crippen molar-refractivity contribution in [2.75, 3.05) is 0 Å². The Morgan fingerprint density at radius 3 is 2.67 bits per heavy atom. The van der Waals surface area contributed by atoms with E-state index in [1.165, 1.54) is 23.3 Å². The molecule has 1 nitrogen and oxygen atoms in total. The maximum atomic E-state index is 12.9. The predicted molar refractivity (Wildman–Crippen MR) is 75.8 cm³/mol. The molecule has 0 heterocycles. The van der Waals surface area contributed by atoms with Gasteiger partial charge >= 0.3 is 0 Å². The molecule has 0 aliphatic rings. The predicted octanol–water partition coefficient (Wildman–Crippen LogP) is 4.19. The van der Waals surface area contributed by atoms with Gasteiger partial charge in [-0.15, -0.1) is 0 Å². The number of nitrogens with one attached hydrogen (secondary N) is 1. The molecule has 0 unspecified atom stereocenters. The number of hydrogen-bond acceptors (Lipinski definition) is 1. The van der Waals surface area contributed by atoms with Crippen LogP contribution in [0.3, 0.4) is 0 Å². The van der Waals surface area contributed by atoms with Crippen molar-refractivity contribution in [3.05, 3.63) is 69.4 Å². The molecule has 0 radical (unpaired) electrons. The fourth-order valence-electron chi connectivity index (χ4n) is 1.83. The fourth-order valence-corrected chi connectivity index (χ4v) is 2.32. The fraction of sp³-hybridized carbons (Fsp3) is 0.200. The smallest absolute Gasteiger partial charge is 0.124 e. The highest BCUT2D eigenvalue weighted by molar-refractivity contribution is 9.10. The van der Waals surface area contributed by atoms with E-state index >= 15 is 0 Å². The summed E-state index contributed by atoms with van der Waals surface area (Å²) in [5.74, 6) is -0.218. The van der Waals surface area contributed by atoms with Gasteiger partial charge in [0.25, 0.3) is 0 Å². The number of halogens is 2. The van der Waals surface area contributed by atoms with Gasteiger partial charge in [-0.25, -0.2) is 4.39 Å². The lowest BCUT2D eigenvalue weighted by Gasteiger charge is -2.07. The Labute approximate surface area is 115 Å². The van der Waals surface area contributed by atoms with Crippen LogP contribution < -0.4 is 5.32 Å². The van der Waals surface area contributed by atoms with Crippen molar-refractivity contribution in [1.29, 1.82) is 0 Å². The monoisotopic (exact) mass is 307 g/mol. The highest BCUT2D eigenvalue weighted by Gasteiger charge is 2.01. The molecule has 2 rings (SSSR count). The van der Waals surface area contributed by atoms with E-state index in [0.29, 0.717) is 0 Å². The molecule has 0 spiro atoms. The van der Waals surface area contributed by atoms with Gasteiger partial charge in [0.1, 0.15) is 5.82 Å². The quantitative estimate of drug-likeness (QED) is 0.893. The van der Waals surface area contributed by atoms with Gasteiger partial charge in [-0.2, -0.15) is 0 Å². The molecule has 0 bridgehead atoms. The van der Waals surface area contributed by atoms with Crippen LogP contribution in [0.2, 0.25) is 0 Å². The Morgan fingerprint density at radius 2 is 1.94 bits per heavy atom. The normalized spacial score (nSPS) is 10.6. The topological polar surface area (TPSA) is 12.0 Å². The average Bonchev–Trinajstić information content (AvgIpc) is 2.32. The molecule has 1 N–H and O–H groups in total. The van der Waals surface area contributed by atoms with Crippen molar-refractivity contribution in [1.82, 2.24) is 5.32 Å². The van der Waals surface area contributed by atoms with Crippen LogP contribution in [0.4, 0.5) is 4.39 Å². The lowest BCUT2D eigenvalue weighted by atomic mass is 10.1. The van der Waals surface area contributed by atoms with Crippen molar-refractivity contribution in [3.8, 4) is 0 Å². The zero-order valence-electron chi connectivity index (χ0n) is 10.2. The minimum atomic E-state index is -0.218. The lowest BCUT2D eigenvalue weighted by Crippen LogP contribution is -2.13. The largest absolute Gasteiger partial charge is 0.309 e. The summed E-state index contributed by atoms with van der Waals surface area (Å²) in [6.45, 7) is 3.61. The molecular weight excluding hydrogens is 293 g/mol. The van der Waals surface area contributed by atoms with Crippen LogP contribution >= 0.6 is 15.9 Å². The molecule has 0 amide bonds. The molecule has 2 aromatic carbocycles. The Hall–Kier alpha value is -1.19.